The quantitative estimate of drug-likeness (QED) is 0.406. The normalized spacial score (nSPS) is 10.8. The van der Waals surface area contributed by atoms with Crippen molar-refractivity contribution in [2.24, 2.45) is 0 Å². The topological polar surface area (TPSA) is 70.8 Å². The molecule has 2 heterocycles. The van der Waals surface area contributed by atoms with E-state index in [9.17, 15) is 4.79 Å². The molecule has 148 valence electrons. The second-order valence-electron chi connectivity index (χ2n) is 6.34. The van der Waals surface area contributed by atoms with Crippen molar-refractivity contribution in [3.8, 4) is 22.1 Å². The van der Waals surface area contributed by atoms with Gasteiger partial charge in [-0.15, -0.1) is 11.3 Å². The Labute approximate surface area is 171 Å². The Hall–Kier alpha value is -3.32. The fourth-order valence-corrected chi connectivity index (χ4v) is 3.75. The lowest BCUT2D eigenvalue weighted by Crippen LogP contribution is -2.07. The largest absolute Gasteiger partial charge is 0.497 e. The molecule has 0 aliphatic carbocycles. The monoisotopic (exact) mass is 409 g/mol. The molecule has 0 N–H and O–H groups in total. The average molecular weight is 409 g/mol. The maximum Gasteiger partial charge on any atom is 0.310 e. The summed E-state index contributed by atoms with van der Waals surface area (Å²) in [7, 11) is 3.23. The lowest BCUT2D eigenvalue weighted by Gasteiger charge is -2.03. The number of carbonyl (C=O) groups is 1. The minimum absolute atomic E-state index is 0.128. The first kappa shape index (κ1) is 19.0. The van der Waals surface area contributed by atoms with Gasteiger partial charge >= 0.3 is 5.97 Å². The van der Waals surface area contributed by atoms with E-state index in [2.05, 4.69) is 4.98 Å². The molecule has 0 atom stereocenters. The molecule has 4 aromatic rings. The van der Waals surface area contributed by atoms with Crippen molar-refractivity contribution in [3.63, 3.8) is 0 Å². The number of aromatic nitrogens is 1. The zero-order chi connectivity index (χ0) is 20.2. The third-order valence-corrected chi connectivity index (χ3v) is 5.39. The zero-order valence-electron chi connectivity index (χ0n) is 16.0. The van der Waals surface area contributed by atoms with Gasteiger partial charge in [0.1, 0.15) is 28.7 Å². The number of benzene rings is 2. The van der Waals surface area contributed by atoms with Crippen LogP contribution in [0.1, 0.15) is 11.3 Å². The molecule has 29 heavy (non-hydrogen) atoms. The van der Waals surface area contributed by atoms with E-state index in [4.69, 9.17) is 18.6 Å². The number of carbonyl (C=O) groups excluding carboxylic acids is 1. The molecule has 0 saturated heterocycles. The highest BCUT2D eigenvalue weighted by Gasteiger charge is 2.13. The fourth-order valence-electron chi connectivity index (χ4n) is 2.95. The molecule has 0 aliphatic heterocycles. The van der Waals surface area contributed by atoms with Gasteiger partial charge in [-0.3, -0.25) is 4.79 Å². The summed E-state index contributed by atoms with van der Waals surface area (Å²) in [6, 6.07) is 13.2. The van der Waals surface area contributed by atoms with Crippen molar-refractivity contribution < 1.29 is 23.4 Å². The van der Waals surface area contributed by atoms with Crippen LogP contribution >= 0.6 is 11.3 Å². The summed E-state index contributed by atoms with van der Waals surface area (Å²) < 4.78 is 21.4. The Morgan fingerprint density at radius 3 is 2.76 bits per heavy atom. The van der Waals surface area contributed by atoms with Crippen LogP contribution in [0.4, 0.5) is 0 Å². The van der Waals surface area contributed by atoms with Gasteiger partial charge in [0.2, 0.25) is 0 Å². The maximum atomic E-state index is 12.3. The Balaban J connectivity index is 1.38. The summed E-state index contributed by atoms with van der Waals surface area (Å²) in [5.41, 5.74) is 3.13. The highest BCUT2D eigenvalue weighted by atomic mass is 32.1. The van der Waals surface area contributed by atoms with Gasteiger partial charge in [0.15, 0.2) is 0 Å². The van der Waals surface area contributed by atoms with E-state index < -0.39 is 0 Å². The van der Waals surface area contributed by atoms with E-state index in [1.165, 1.54) is 11.3 Å². The van der Waals surface area contributed by atoms with Gasteiger partial charge < -0.3 is 18.6 Å². The van der Waals surface area contributed by atoms with Crippen molar-refractivity contribution in [2.45, 2.75) is 13.0 Å². The van der Waals surface area contributed by atoms with E-state index in [-0.39, 0.29) is 19.0 Å². The predicted octanol–water partition coefficient (Wildman–Crippen LogP) is 4.86. The maximum absolute atomic E-state index is 12.3. The molecule has 7 heteroatoms. The summed E-state index contributed by atoms with van der Waals surface area (Å²) in [5.74, 6) is 1.14. The summed E-state index contributed by atoms with van der Waals surface area (Å²) in [6.45, 7) is 0.128. The van der Waals surface area contributed by atoms with E-state index in [1.807, 2.05) is 41.8 Å². The molecule has 0 bridgehead atoms. The molecule has 2 aromatic carbocycles. The molecular weight excluding hydrogens is 390 g/mol. The van der Waals surface area contributed by atoms with E-state index in [1.54, 1.807) is 26.5 Å². The summed E-state index contributed by atoms with van der Waals surface area (Å²) in [5, 5.41) is 3.61. The fraction of sp³-hybridized carbons (Fsp3) is 0.182. The van der Waals surface area contributed by atoms with Crippen LogP contribution in [0.2, 0.25) is 0 Å². The second kappa shape index (κ2) is 8.36. The molecule has 0 fully saturated rings. The number of hydrogen-bond donors (Lipinski definition) is 0. The van der Waals surface area contributed by atoms with Gasteiger partial charge in [-0.25, -0.2) is 4.98 Å². The first-order valence-corrected chi connectivity index (χ1v) is 9.83. The molecule has 2 aromatic heterocycles. The predicted molar refractivity (Wildman–Crippen MR) is 110 cm³/mol. The smallest absolute Gasteiger partial charge is 0.310 e. The van der Waals surface area contributed by atoms with Crippen LogP contribution in [0.15, 0.2) is 58.5 Å². The van der Waals surface area contributed by atoms with Gasteiger partial charge in [0.05, 0.1) is 32.6 Å². The molecule has 0 unspecified atom stereocenters. The molecule has 0 amide bonds. The third-order valence-electron chi connectivity index (χ3n) is 4.45. The van der Waals surface area contributed by atoms with E-state index in [0.717, 1.165) is 27.3 Å². The second-order valence-corrected chi connectivity index (χ2v) is 7.19. The number of nitrogens with zero attached hydrogens (tertiary/aromatic N) is 1. The molecule has 6 nitrogen and oxygen atoms in total. The SMILES string of the molecule is COc1cccc(-c2nc(COC(=O)Cc3coc4cc(OC)ccc34)cs2)c1. The van der Waals surface area contributed by atoms with Crippen LogP contribution in [0.5, 0.6) is 11.5 Å². The highest BCUT2D eigenvalue weighted by molar-refractivity contribution is 7.13. The van der Waals surface area contributed by atoms with E-state index >= 15 is 0 Å². The summed E-state index contributed by atoms with van der Waals surface area (Å²) in [6.07, 6.45) is 1.71. The van der Waals surface area contributed by atoms with Crippen LogP contribution < -0.4 is 9.47 Å². The number of fused-ring (bicyclic) bond motifs is 1. The highest BCUT2D eigenvalue weighted by Crippen LogP contribution is 2.28. The van der Waals surface area contributed by atoms with Gasteiger partial charge in [0, 0.05) is 28.0 Å². The molecule has 0 aliphatic rings. The van der Waals surface area contributed by atoms with Gasteiger partial charge in [0.25, 0.3) is 0 Å². The summed E-state index contributed by atoms with van der Waals surface area (Å²) >= 11 is 1.50. The van der Waals surface area contributed by atoms with Crippen molar-refractivity contribution in [1.82, 2.24) is 4.98 Å². The Bertz CT molecular complexity index is 1150. The first-order valence-electron chi connectivity index (χ1n) is 8.95. The van der Waals surface area contributed by atoms with Gasteiger partial charge in [-0.1, -0.05) is 12.1 Å². The van der Waals surface area contributed by atoms with Crippen LogP contribution in [0.25, 0.3) is 21.5 Å². The number of furan rings is 1. The summed E-state index contributed by atoms with van der Waals surface area (Å²) in [4.78, 5) is 16.8. The van der Waals surface area contributed by atoms with Crippen LogP contribution in [-0.4, -0.2) is 25.2 Å². The Morgan fingerprint density at radius 1 is 1.10 bits per heavy atom. The molecule has 0 saturated carbocycles. The van der Waals surface area contributed by atoms with Gasteiger partial charge in [-0.2, -0.15) is 0 Å². The lowest BCUT2D eigenvalue weighted by atomic mass is 10.1. The lowest BCUT2D eigenvalue weighted by molar-refractivity contribution is -0.144. The van der Waals surface area contributed by atoms with Crippen molar-refractivity contribution in [3.05, 3.63) is 65.4 Å². The number of esters is 1. The standard InChI is InChI=1S/C22H19NO5S/c1-25-17-5-3-4-14(8-17)22-23-16(13-29-22)12-28-21(24)9-15-11-27-20-10-18(26-2)6-7-19(15)20/h3-8,10-11,13H,9,12H2,1-2H3. The Morgan fingerprint density at radius 2 is 1.93 bits per heavy atom. The Kier molecular flexibility index (Phi) is 5.48. The number of ether oxygens (including phenoxy) is 3. The van der Waals surface area contributed by atoms with Crippen molar-refractivity contribution >= 4 is 28.3 Å². The molecular formula is C22H19NO5S. The van der Waals surface area contributed by atoms with Crippen molar-refractivity contribution in [1.29, 1.82) is 0 Å². The minimum Gasteiger partial charge on any atom is -0.497 e. The molecule has 0 radical (unpaired) electrons. The third kappa shape index (κ3) is 4.25. The van der Waals surface area contributed by atoms with Crippen LogP contribution in [0, 0.1) is 0 Å². The van der Waals surface area contributed by atoms with Gasteiger partial charge in [-0.05, 0) is 24.3 Å². The number of thiazole rings is 1. The molecule has 4 rings (SSSR count). The minimum atomic E-state index is -0.334. The van der Waals surface area contributed by atoms with Crippen LogP contribution in [0.3, 0.4) is 0 Å². The average Bonchev–Trinajstić information content (AvgIpc) is 3.39. The number of hydrogen-bond acceptors (Lipinski definition) is 7. The first-order chi connectivity index (χ1) is 14.2. The van der Waals surface area contributed by atoms with Crippen LogP contribution in [-0.2, 0) is 22.6 Å². The zero-order valence-corrected chi connectivity index (χ0v) is 16.8. The number of methoxy groups -OCH3 is 2. The van der Waals surface area contributed by atoms with E-state index in [0.29, 0.717) is 17.0 Å². The molecule has 0 spiro atoms. The van der Waals surface area contributed by atoms with Crippen molar-refractivity contribution in [2.75, 3.05) is 14.2 Å². The number of rotatable bonds is 7.